The first kappa shape index (κ1) is 11.2. The fraction of sp³-hybridized carbons (Fsp3) is 0.571. The van der Waals surface area contributed by atoms with E-state index in [1.807, 2.05) is 6.92 Å². The Kier molecular flexibility index (Phi) is 4.09. The van der Waals surface area contributed by atoms with Crippen molar-refractivity contribution in [2.75, 3.05) is 25.5 Å². The first-order valence-corrected chi connectivity index (χ1v) is 5.21. The van der Waals surface area contributed by atoms with Crippen molar-refractivity contribution in [1.82, 2.24) is 13.6 Å². The zero-order chi connectivity index (χ0) is 10.6. The molecule has 1 amide bonds. The van der Waals surface area contributed by atoms with Gasteiger partial charge in [0.05, 0.1) is 18.3 Å². The molecule has 1 aromatic heterocycles. The number of likely N-dealkylation sites (N-methyl/N-ethyl adjacent to an activating group) is 1. The maximum atomic E-state index is 11.4. The van der Waals surface area contributed by atoms with Crippen molar-refractivity contribution in [3.63, 3.8) is 0 Å². The molecule has 0 bridgehead atoms. The molecule has 78 valence electrons. The topological polar surface area (TPSA) is 58.1 Å². The number of anilines is 1. The maximum Gasteiger partial charge on any atom is 0.241 e. The number of hydrogen-bond donors (Lipinski definition) is 1. The van der Waals surface area contributed by atoms with E-state index < -0.39 is 0 Å². The second kappa shape index (κ2) is 5.11. The van der Waals surface area contributed by atoms with Gasteiger partial charge in [-0.15, -0.1) is 0 Å². The van der Waals surface area contributed by atoms with Crippen LogP contribution in [0.3, 0.4) is 0 Å². The van der Waals surface area contributed by atoms with Crippen molar-refractivity contribution in [2.45, 2.75) is 6.92 Å². The smallest absolute Gasteiger partial charge is 0.241 e. The van der Waals surface area contributed by atoms with Crippen LogP contribution in [0.25, 0.3) is 0 Å². The summed E-state index contributed by atoms with van der Waals surface area (Å²) in [6.45, 7) is 2.79. The molecule has 0 aromatic carbocycles. The number of rotatable bonds is 4. The number of nitrogens with zero attached hydrogens (tertiary/aromatic N) is 3. The van der Waals surface area contributed by atoms with Crippen LogP contribution in [0.4, 0.5) is 5.82 Å². The summed E-state index contributed by atoms with van der Waals surface area (Å²) in [4.78, 5) is 13.0. The zero-order valence-corrected chi connectivity index (χ0v) is 9.52. The summed E-state index contributed by atoms with van der Waals surface area (Å²) >= 11 is 6.70. The van der Waals surface area contributed by atoms with Crippen molar-refractivity contribution in [3.05, 3.63) is 5.15 Å². The van der Waals surface area contributed by atoms with Crippen molar-refractivity contribution in [2.24, 2.45) is 0 Å². The van der Waals surface area contributed by atoms with E-state index >= 15 is 0 Å². The Morgan fingerprint density at radius 3 is 2.86 bits per heavy atom. The van der Waals surface area contributed by atoms with Crippen LogP contribution in [-0.4, -0.2) is 39.7 Å². The Balaban J connectivity index is 2.41. The van der Waals surface area contributed by atoms with Crippen LogP contribution in [0.2, 0.25) is 5.15 Å². The van der Waals surface area contributed by atoms with Crippen molar-refractivity contribution in [1.29, 1.82) is 0 Å². The van der Waals surface area contributed by atoms with Crippen LogP contribution in [0, 0.1) is 0 Å². The van der Waals surface area contributed by atoms with Gasteiger partial charge in [-0.25, -0.2) is 0 Å². The molecular formula is C7H11ClN4OS. The van der Waals surface area contributed by atoms with E-state index in [1.165, 1.54) is 0 Å². The summed E-state index contributed by atoms with van der Waals surface area (Å²) in [7, 11) is 1.74. The predicted octanol–water partition coefficient (Wildman–Crippen LogP) is 1.08. The minimum Gasteiger partial charge on any atom is -0.358 e. The Morgan fingerprint density at radius 1 is 1.64 bits per heavy atom. The molecule has 1 aromatic rings. The highest BCUT2D eigenvalue weighted by molar-refractivity contribution is 6.99. The predicted molar refractivity (Wildman–Crippen MR) is 56.7 cm³/mol. The lowest BCUT2D eigenvalue weighted by molar-refractivity contribution is -0.127. The second-order valence-corrected chi connectivity index (χ2v) is 3.55. The van der Waals surface area contributed by atoms with Crippen LogP contribution in [0.5, 0.6) is 0 Å². The lowest BCUT2D eigenvalue weighted by atomic mass is 10.5. The van der Waals surface area contributed by atoms with E-state index in [2.05, 4.69) is 14.1 Å². The third-order valence-corrected chi connectivity index (χ3v) is 2.65. The van der Waals surface area contributed by atoms with Gasteiger partial charge in [0.25, 0.3) is 0 Å². The molecule has 0 fully saturated rings. The molecule has 1 heterocycles. The van der Waals surface area contributed by atoms with Gasteiger partial charge in [-0.1, -0.05) is 11.6 Å². The Hall–Kier alpha value is -0.880. The maximum absolute atomic E-state index is 11.4. The lowest BCUT2D eigenvalue weighted by Gasteiger charge is -2.14. The minimum atomic E-state index is -0.00318. The monoisotopic (exact) mass is 234 g/mol. The van der Waals surface area contributed by atoms with E-state index in [9.17, 15) is 4.79 Å². The van der Waals surface area contributed by atoms with Crippen LogP contribution >= 0.6 is 23.3 Å². The van der Waals surface area contributed by atoms with E-state index in [-0.39, 0.29) is 12.5 Å². The van der Waals surface area contributed by atoms with Gasteiger partial charge >= 0.3 is 0 Å². The molecule has 1 rings (SSSR count). The molecule has 0 aliphatic heterocycles. The molecule has 0 saturated heterocycles. The number of nitrogens with one attached hydrogen (secondary N) is 1. The molecule has 14 heavy (non-hydrogen) atoms. The third kappa shape index (κ3) is 2.81. The van der Waals surface area contributed by atoms with Crippen molar-refractivity contribution >= 4 is 35.1 Å². The summed E-state index contributed by atoms with van der Waals surface area (Å²) in [5.41, 5.74) is 0. The van der Waals surface area contributed by atoms with E-state index in [4.69, 9.17) is 11.6 Å². The molecular weight excluding hydrogens is 224 g/mol. The van der Waals surface area contributed by atoms with Gasteiger partial charge in [0.15, 0.2) is 11.0 Å². The quantitative estimate of drug-likeness (QED) is 0.847. The summed E-state index contributed by atoms with van der Waals surface area (Å²) in [6, 6.07) is 0. The van der Waals surface area contributed by atoms with E-state index in [1.54, 1.807) is 11.9 Å². The number of carbonyl (C=O) groups is 1. The molecule has 0 radical (unpaired) electrons. The third-order valence-electron chi connectivity index (χ3n) is 1.76. The van der Waals surface area contributed by atoms with E-state index in [0.717, 1.165) is 11.7 Å². The summed E-state index contributed by atoms with van der Waals surface area (Å²) in [5.74, 6) is 0.464. The Morgan fingerprint density at radius 2 is 2.36 bits per heavy atom. The Labute approximate surface area is 91.4 Å². The average molecular weight is 235 g/mol. The van der Waals surface area contributed by atoms with Gasteiger partial charge in [-0.05, 0) is 6.92 Å². The van der Waals surface area contributed by atoms with Crippen LogP contribution in [-0.2, 0) is 4.79 Å². The number of hydrogen-bond acceptors (Lipinski definition) is 5. The summed E-state index contributed by atoms with van der Waals surface area (Å²) in [5, 5.41) is 3.13. The van der Waals surface area contributed by atoms with Gasteiger partial charge in [-0.3, -0.25) is 4.79 Å². The number of amides is 1. The zero-order valence-electron chi connectivity index (χ0n) is 7.95. The largest absolute Gasteiger partial charge is 0.358 e. The molecule has 0 spiro atoms. The van der Waals surface area contributed by atoms with Gasteiger partial charge in [0.1, 0.15) is 0 Å². The van der Waals surface area contributed by atoms with Gasteiger partial charge < -0.3 is 10.2 Å². The molecule has 7 heteroatoms. The molecule has 0 saturated carbocycles. The molecule has 0 unspecified atom stereocenters. The fourth-order valence-corrected chi connectivity index (χ4v) is 1.44. The summed E-state index contributed by atoms with van der Waals surface area (Å²) in [6.07, 6.45) is 0. The number of carbonyl (C=O) groups excluding carboxylic acids is 1. The van der Waals surface area contributed by atoms with E-state index in [0.29, 0.717) is 17.5 Å². The molecule has 0 aliphatic carbocycles. The molecule has 0 atom stereocenters. The minimum absolute atomic E-state index is 0.00318. The highest BCUT2D eigenvalue weighted by Gasteiger charge is 2.09. The first-order chi connectivity index (χ1) is 6.65. The van der Waals surface area contributed by atoms with Gasteiger partial charge in [0, 0.05) is 13.6 Å². The second-order valence-electron chi connectivity index (χ2n) is 2.67. The molecule has 0 aliphatic rings. The first-order valence-electron chi connectivity index (χ1n) is 4.11. The standard InChI is InChI=1S/C7H11ClN4OS/c1-3-12(2)5(13)4-9-7-6(8)10-14-11-7/h3-4H2,1-2H3,(H,9,11). The highest BCUT2D eigenvalue weighted by atomic mass is 35.5. The molecule has 5 nitrogen and oxygen atoms in total. The van der Waals surface area contributed by atoms with Crippen LogP contribution < -0.4 is 5.32 Å². The lowest BCUT2D eigenvalue weighted by Crippen LogP contribution is -2.31. The number of halogens is 1. The van der Waals surface area contributed by atoms with Crippen LogP contribution in [0.1, 0.15) is 6.92 Å². The normalized spacial score (nSPS) is 9.93. The van der Waals surface area contributed by atoms with Crippen LogP contribution in [0.15, 0.2) is 0 Å². The average Bonchev–Trinajstić information content (AvgIpc) is 2.59. The SMILES string of the molecule is CCN(C)C(=O)CNc1nsnc1Cl. The molecule has 1 N–H and O–H groups in total. The summed E-state index contributed by atoms with van der Waals surface area (Å²) < 4.78 is 7.66. The Bertz CT molecular complexity index is 316. The fourth-order valence-electron chi connectivity index (χ4n) is 0.754. The van der Waals surface area contributed by atoms with Crippen molar-refractivity contribution < 1.29 is 4.79 Å². The van der Waals surface area contributed by atoms with Gasteiger partial charge in [0.2, 0.25) is 5.91 Å². The van der Waals surface area contributed by atoms with Gasteiger partial charge in [-0.2, -0.15) is 8.75 Å². The highest BCUT2D eigenvalue weighted by Crippen LogP contribution is 2.17. The van der Waals surface area contributed by atoms with Crippen molar-refractivity contribution in [3.8, 4) is 0 Å². The number of aromatic nitrogens is 2.